The monoisotopic (exact) mass is 258 g/mol. The summed E-state index contributed by atoms with van der Waals surface area (Å²) in [5.41, 5.74) is 0. The van der Waals surface area contributed by atoms with Crippen LogP contribution in [0, 0.1) is 0 Å². The van der Waals surface area contributed by atoms with E-state index in [9.17, 15) is 0 Å². The van der Waals surface area contributed by atoms with Crippen LogP contribution in [-0.4, -0.2) is 22.4 Å². The summed E-state index contributed by atoms with van der Waals surface area (Å²) in [5.74, 6) is 0. The average molecular weight is 258 g/mol. The van der Waals surface area contributed by atoms with Crippen LogP contribution < -0.4 is 0 Å². The summed E-state index contributed by atoms with van der Waals surface area (Å²) in [5, 5.41) is 18.2. The van der Waals surface area contributed by atoms with Gasteiger partial charge >= 0.3 is 0 Å². The summed E-state index contributed by atoms with van der Waals surface area (Å²) < 4.78 is 0. The molecule has 2 N–H and O–H groups in total. The summed E-state index contributed by atoms with van der Waals surface area (Å²) in [6, 6.07) is 0. The van der Waals surface area contributed by atoms with Crippen molar-refractivity contribution in [3.8, 4) is 0 Å². The van der Waals surface area contributed by atoms with E-state index in [1.54, 1.807) is 0 Å². The molecule has 0 bridgehead atoms. The molecular formula is C16H34O2. The van der Waals surface area contributed by atoms with E-state index in [1.165, 1.54) is 64.2 Å². The lowest BCUT2D eigenvalue weighted by Crippen LogP contribution is -1.98. The molecule has 2 nitrogen and oxygen atoms in total. The lowest BCUT2D eigenvalue weighted by atomic mass is 10.0. The van der Waals surface area contributed by atoms with Gasteiger partial charge in [-0.2, -0.15) is 0 Å². The summed E-state index contributed by atoms with van der Waals surface area (Å²) in [6.45, 7) is 3.75. The van der Waals surface area contributed by atoms with Gasteiger partial charge in [0.2, 0.25) is 0 Å². The fourth-order valence-corrected chi connectivity index (χ4v) is 2.29. The Balaban J connectivity index is 2.95. The quantitative estimate of drug-likeness (QED) is 0.480. The molecule has 0 saturated carbocycles. The van der Waals surface area contributed by atoms with Crippen molar-refractivity contribution in [2.24, 2.45) is 0 Å². The molecule has 0 aromatic rings. The van der Waals surface area contributed by atoms with Gasteiger partial charge in [0, 0.05) is 0 Å². The van der Waals surface area contributed by atoms with Crippen molar-refractivity contribution < 1.29 is 10.2 Å². The Morgan fingerprint density at radius 3 is 0.944 bits per heavy atom. The van der Waals surface area contributed by atoms with Gasteiger partial charge < -0.3 is 10.2 Å². The van der Waals surface area contributed by atoms with Gasteiger partial charge in [-0.15, -0.1) is 0 Å². The van der Waals surface area contributed by atoms with Crippen LogP contribution in [-0.2, 0) is 0 Å². The number of rotatable bonds is 13. The highest BCUT2D eigenvalue weighted by atomic mass is 16.3. The average Bonchev–Trinajstić information content (AvgIpc) is 2.29. The van der Waals surface area contributed by atoms with Crippen LogP contribution in [0.5, 0.6) is 0 Å². The topological polar surface area (TPSA) is 40.5 Å². The highest BCUT2D eigenvalue weighted by Crippen LogP contribution is 2.12. The van der Waals surface area contributed by atoms with Gasteiger partial charge in [0.1, 0.15) is 0 Å². The molecule has 0 fully saturated rings. The van der Waals surface area contributed by atoms with Gasteiger partial charge in [-0.3, -0.25) is 0 Å². The zero-order valence-corrected chi connectivity index (χ0v) is 12.5. The normalized spacial score (nSPS) is 14.7. The van der Waals surface area contributed by atoms with Crippen LogP contribution in [0.15, 0.2) is 0 Å². The van der Waals surface area contributed by atoms with Crippen LogP contribution in [0.25, 0.3) is 0 Å². The van der Waals surface area contributed by atoms with Gasteiger partial charge in [-0.05, 0) is 26.7 Å². The second-order valence-electron chi connectivity index (χ2n) is 5.81. The molecule has 0 rings (SSSR count). The predicted molar refractivity (Wildman–Crippen MR) is 78.8 cm³/mol. The highest BCUT2D eigenvalue weighted by Gasteiger charge is 1.97. The first-order valence-electron chi connectivity index (χ1n) is 7.99. The van der Waals surface area contributed by atoms with Crippen LogP contribution in [0.4, 0.5) is 0 Å². The summed E-state index contributed by atoms with van der Waals surface area (Å²) >= 11 is 0. The largest absolute Gasteiger partial charge is 0.393 e. The molecular weight excluding hydrogens is 224 g/mol. The zero-order valence-electron chi connectivity index (χ0n) is 12.5. The predicted octanol–water partition coefficient (Wildman–Crippen LogP) is 4.43. The third-order valence-corrected chi connectivity index (χ3v) is 3.49. The summed E-state index contributed by atoms with van der Waals surface area (Å²) in [4.78, 5) is 0. The Kier molecular flexibility index (Phi) is 13.3. The van der Waals surface area contributed by atoms with Crippen molar-refractivity contribution >= 4 is 0 Å². The van der Waals surface area contributed by atoms with Crippen LogP contribution >= 0.6 is 0 Å². The number of hydrogen-bond donors (Lipinski definition) is 2. The van der Waals surface area contributed by atoms with E-state index in [2.05, 4.69) is 0 Å². The molecule has 0 unspecified atom stereocenters. The standard InChI is InChI=1S/C16H34O2/c1-15(17)13-11-9-7-5-3-4-6-8-10-12-14-16(2)18/h15-18H,3-14H2,1-2H3/t15-,16-/m0/s1. The van der Waals surface area contributed by atoms with E-state index in [0.717, 1.165) is 12.8 Å². The Hall–Kier alpha value is -0.0800. The van der Waals surface area contributed by atoms with Gasteiger partial charge in [0.15, 0.2) is 0 Å². The number of hydrogen-bond acceptors (Lipinski definition) is 2. The lowest BCUT2D eigenvalue weighted by molar-refractivity contribution is 0.179. The number of unbranched alkanes of at least 4 members (excludes halogenated alkanes) is 9. The maximum atomic E-state index is 9.11. The van der Waals surface area contributed by atoms with Gasteiger partial charge in [0.25, 0.3) is 0 Å². The molecule has 0 aliphatic heterocycles. The van der Waals surface area contributed by atoms with Crippen molar-refractivity contribution in [3.05, 3.63) is 0 Å². The Bertz CT molecular complexity index is 137. The molecule has 0 aromatic carbocycles. The van der Waals surface area contributed by atoms with Crippen LogP contribution in [0.3, 0.4) is 0 Å². The van der Waals surface area contributed by atoms with Crippen molar-refractivity contribution in [2.75, 3.05) is 0 Å². The molecule has 0 amide bonds. The fraction of sp³-hybridized carbons (Fsp3) is 1.00. The van der Waals surface area contributed by atoms with E-state index >= 15 is 0 Å². The maximum absolute atomic E-state index is 9.11. The molecule has 0 aliphatic rings. The van der Waals surface area contributed by atoms with Gasteiger partial charge in [-0.25, -0.2) is 0 Å². The van der Waals surface area contributed by atoms with Crippen molar-refractivity contribution in [3.63, 3.8) is 0 Å². The van der Waals surface area contributed by atoms with E-state index < -0.39 is 0 Å². The first-order valence-corrected chi connectivity index (χ1v) is 7.99. The van der Waals surface area contributed by atoms with Crippen molar-refractivity contribution in [1.29, 1.82) is 0 Å². The summed E-state index contributed by atoms with van der Waals surface area (Å²) in [7, 11) is 0. The Morgan fingerprint density at radius 1 is 0.500 bits per heavy atom. The molecule has 0 saturated heterocycles. The molecule has 0 spiro atoms. The second kappa shape index (κ2) is 13.4. The first kappa shape index (κ1) is 17.9. The zero-order chi connectivity index (χ0) is 13.6. The third-order valence-electron chi connectivity index (χ3n) is 3.49. The van der Waals surface area contributed by atoms with Crippen LogP contribution in [0.2, 0.25) is 0 Å². The highest BCUT2D eigenvalue weighted by molar-refractivity contribution is 4.52. The molecule has 0 heterocycles. The summed E-state index contributed by atoms with van der Waals surface area (Å²) in [6.07, 6.45) is 14.7. The molecule has 0 aliphatic carbocycles. The molecule has 2 heteroatoms. The minimum Gasteiger partial charge on any atom is -0.393 e. The number of aliphatic hydroxyl groups excluding tert-OH is 2. The van der Waals surface area contributed by atoms with Crippen molar-refractivity contribution in [1.82, 2.24) is 0 Å². The van der Waals surface area contributed by atoms with E-state index in [1.807, 2.05) is 13.8 Å². The molecule has 0 radical (unpaired) electrons. The smallest absolute Gasteiger partial charge is 0.0512 e. The molecule has 2 atom stereocenters. The Labute approximate surface area is 114 Å². The van der Waals surface area contributed by atoms with Crippen molar-refractivity contribution in [2.45, 2.75) is 103 Å². The lowest BCUT2D eigenvalue weighted by Gasteiger charge is -2.05. The fourth-order valence-electron chi connectivity index (χ4n) is 2.29. The third kappa shape index (κ3) is 15.9. The SMILES string of the molecule is C[C@H](O)CCCCCCCCCCCC[C@H](C)O. The van der Waals surface area contributed by atoms with Gasteiger partial charge in [-0.1, -0.05) is 64.2 Å². The van der Waals surface area contributed by atoms with E-state index in [4.69, 9.17) is 10.2 Å². The molecule has 0 aromatic heterocycles. The van der Waals surface area contributed by atoms with Gasteiger partial charge in [0.05, 0.1) is 12.2 Å². The molecule has 110 valence electrons. The minimum absolute atomic E-state index is 0.119. The Morgan fingerprint density at radius 2 is 0.722 bits per heavy atom. The number of aliphatic hydroxyl groups is 2. The minimum atomic E-state index is -0.119. The van der Waals surface area contributed by atoms with E-state index in [0.29, 0.717) is 0 Å². The maximum Gasteiger partial charge on any atom is 0.0512 e. The second-order valence-corrected chi connectivity index (χ2v) is 5.81. The first-order chi connectivity index (χ1) is 8.63. The van der Waals surface area contributed by atoms with E-state index in [-0.39, 0.29) is 12.2 Å². The molecule has 18 heavy (non-hydrogen) atoms. The van der Waals surface area contributed by atoms with Crippen LogP contribution in [0.1, 0.15) is 90.9 Å².